The lowest BCUT2D eigenvalue weighted by Gasteiger charge is -2.27. The summed E-state index contributed by atoms with van der Waals surface area (Å²) in [6.07, 6.45) is 2.30. The van der Waals surface area contributed by atoms with Gasteiger partial charge in [0.2, 0.25) is 0 Å². The third-order valence-corrected chi connectivity index (χ3v) is 2.71. The van der Waals surface area contributed by atoms with Crippen LogP contribution in [0.25, 0.3) is 0 Å². The highest BCUT2D eigenvalue weighted by Crippen LogP contribution is 2.37. The Bertz CT molecular complexity index is 175. The van der Waals surface area contributed by atoms with Crippen LogP contribution in [0.1, 0.15) is 47.5 Å². The molecule has 0 bridgehead atoms. The maximum Gasteiger partial charge on any atom is 0.0787 e. The van der Waals surface area contributed by atoms with E-state index in [1.165, 1.54) is 6.42 Å². The Morgan fingerprint density at radius 2 is 1.92 bits per heavy atom. The Morgan fingerprint density at radius 3 is 2.31 bits per heavy atom. The Kier molecular flexibility index (Phi) is 3.03. The van der Waals surface area contributed by atoms with Crippen LogP contribution in [-0.4, -0.2) is 23.8 Å². The van der Waals surface area contributed by atoms with Gasteiger partial charge < -0.3 is 10.1 Å². The van der Waals surface area contributed by atoms with Gasteiger partial charge in [0.25, 0.3) is 0 Å². The van der Waals surface area contributed by atoms with E-state index in [1.54, 1.807) is 0 Å². The fourth-order valence-electron chi connectivity index (χ4n) is 2.20. The molecule has 78 valence electrons. The SMILES string of the molecule is CCCN[C@@H]1CC(C)(C)OC1(C)C. The molecule has 2 heteroatoms. The Hall–Kier alpha value is -0.0800. The van der Waals surface area contributed by atoms with Crippen molar-refractivity contribution in [3.63, 3.8) is 0 Å². The highest BCUT2D eigenvalue weighted by atomic mass is 16.5. The van der Waals surface area contributed by atoms with E-state index in [-0.39, 0.29) is 11.2 Å². The van der Waals surface area contributed by atoms with E-state index in [1.807, 2.05) is 0 Å². The maximum atomic E-state index is 5.98. The molecule has 0 amide bonds. The van der Waals surface area contributed by atoms with Crippen molar-refractivity contribution in [3.05, 3.63) is 0 Å². The summed E-state index contributed by atoms with van der Waals surface area (Å²) in [7, 11) is 0. The van der Waals surface area contributed by atoms with Gasteiger partial charge in [-0.05, 0) is 47.1 Å². The summed E-state index contributed by atoms with van der Waals surface area (Å²) in [6.45, 7) is 12.0. The lowest BCUT2D eigenvalue weighted by molar-refractivity contribution is -0.0697. The highest BCUT2D eigenvalue weighted by molar-refractivity contribution is 4.98. The van der Waals surface area contributed by atoms with Crippen molar-refractivity contribution < 1.29 is 4.74 Å². The molecular weight excluding hydrogens is 162 g/mol. The molecule has 1 heterocycles. The second kappa shape index (κ2) is 3.58. The molecule has 0 spiro atoms. The zero-order valence-electron chi connectivity index (χ0n) is 9.61. The Morgan fingerprint density at radius 1 is 1.31 bits per heavy atom. The number of hydrogen-bond donors (Lipinski definition) is 1. The molecule has 0 aliphatic carbocycles. The van der Waals surface area contributed by atoms with Gasteiger partial charge in [0.05, 0.1) is 11.2 Å². The highest BCUT2D eigenvalue weighted by Gasteiger charge is 2.45. The minimum Gasteiger partial charge on any atom is -0.368 e. The molecule has 13 heavy (non-hydrogen) atoms. The minimum atomic E-state index is -0.0152. The summed E-state index contributed by atoms with van der Waals surface area (Å²) in [5.74, 6) is 0. The van der Waals surface area contributed by atoms with Crippen molar-refractivity contribution in [2.75, 3.05) is 6.54 Å². The van der Waals surface area contributed by atoms with Crippen LogP contribution < -0.4 is 5.32 Å². The van der Waals surface area contributed by atoms with Crippen LogP contribution in [0.15, 0.2) is 0 Å². The quantitative estimate of drug-likeness (QED) is 0.728. The second-order valence-electron chi connectivity index (χ2n) is 5.18. The normalized spacial score (nSPS) is 30.7. The largest absolute Gasteiger partial charge is 0.368 e. The molecule has 1 saturated heterocycles. The van der Waals surface area contributed by atoms with Crippen LogP contribution in [0.3, 0.4) is 0 Å². The fraction of sp³-hybridized carbons (Fsp3) is 1.00. The van der Waals surface area contributed by atoms with Crippen LogP contribution in [0, 0.1) is 0 Å². The minimum absolute atomic E-state index is 0.0152. The van der Waals surface area contributed by atoms with E-state index in [2.05, 4.69) is 39.9 Å². The third-order valence-electron chi connectivity index (χ3n) is 2.71. The molecule has 0 unspecified atom stereocenters. The average Bonchev–Trinajstić information content (AvgIpc) is 2.14. The smallest absolute Gasteiger partial charge is 0.0787 e. The first-order valence-corrected chi connectivity index (χ1v) is 5.31. The molecule has 1 N–H and O–H groups in total. The predicted octanol–water partition coefficient (Wildman–Crippen LogP) is 2.33. The van der Waals surface area contributed by atoms with E-state index < -0.39 is 0 Å². The van der Waals surface area contributed by atoms with Gasteiger partial charge in [-0.25, -0.2) is 0 Å². The number of nitrogens with one attached hydrogen (secondary N) is 1. The number of ether oxygens (including phenoxy) is 1. The zero-order valence-corrected chi connectivity index (χ0v) is 9.61. The molecular formula is C11H23NO. The van der Waals surface area contributed by atoms with Gasteiger partial charge in [-0.3, -0.25) is 0 Å². The fourth-order valence-corrected chi connectivity index (χ4v) is 2.20. The monoisotopic (exact) mass is 185 g/mol. The molecule has 1 aliphatic heterocycles. The first kappa shape index (κ1) is 11.0. The van der Waals surface area contributed by atoms with Gasteiger partial charge in [0.15, 0.2) is 0 Å². The summed E-state index contributed by atoms with van der Waals surface area (Å²) in [5.41, 5.74) is 0.0214. The topological polar surface area (TPSA) is 21.3 Å². The van der Waals surface area contributed by atoms with Crippen molar-refractivity contribution in [1.29, 1.82) is 0 Å². The van der Waals surface area contributed by atoms with Crippen molar-refractivity contribution in [3.8, 4) is 0 Å². The summed E-state index contributed by atoms with van der Waals surface area (Å²) in [4.78, 5) is 0. The van der Waals surface area contributed by atoms with E-state index in [4.69, 9.17) is 4.74 Å². The zero-order chi connectivity index (χ0) is 10.1. The van der Waals surface area contributed by atoms with E-state index >= 15 is 0 Å². The average molecular weight is 185 g/mol. The lowest BCUT2D eigenvalue weighted by atomic mass is 9.94. The summed E-state index contributed by atoms with van der Waals surface area (Å²) in [5, 5.41) is 3.55. The molecule has 1 fully saturated rings. The lowest BCUT2D eigenvalue weighted by Crippen LogP contribution is -2.43. The third kappa shape index (κ3) is 2.68. The van der Waals surface area contributed by atoms with Gasteiger partial charge in [-0.1, -0.05) is 6.92 Å². The molecule has 0 radical (unpaired) electrons. The molecule has 1 aliphatic rings. The standard InChI is InChI=1S/C11H23NO/c1-6-7-12-9-8-10(2,3)13-11(9,4)5/h9,12H,6-8H2,1-5H3/t9-/m1/s1. The van der Waals surface area contributed by atoms with Crippen LogP contribution in [0.4, 0.5) is 0 Å². The van der Waals surface area contributed by atoms with Crippen molar-refractivity contribution in [1.82, 2.24) is 5.32 Å². The molecule has 0 saturated carbocycles. The van der Waals surface area contributed by atoms with Gasteiger partial charge in [-0.2, -0.15) is 0 Å². The molecule has 0 aromatic rings. The second-order valence-corrected chi connectivity index (χ2v) is 5.18. The molecule has 2 nitrogen and oxygen atoms in total. The molecule has 0 aromatic carbocycles. The maximum absolute atomic E-state index is 5.98. The number of hydrogen-bond acceptors (Lipinski definition) is 2. The molecule has 1 atom stereocenters. The first-order chi connectivity index (χ1) is 5.87. The predicted molar refractivity (Wildman–Crippen MR) is 55.9 cm³/mol. The van der Waals surface area contributed by atoms with Crippen LogP contribution >= 0.6 is 0 Å². The van der Waals surface area contributed by atoms with Gasteiger partial charge in [-0.15, -0.1) is 0 Å². The van der Waals surface area contributed by atoms with Crippen LogP contribution in [-0.2, 0) is 4.74 Å². The Balaban J connectivity index is 2.54. The van der Waals surface area contributed by atoms with E-state index in [9.17, 15) is 0 Å². The number of rotatable bonds is 3. The van der Waals surface area contributed by atoms with E-state index in [0.29, 0.717) is 6.04 Å². The van der Waals surface area contributed by atoms with Crippen molar-refractivity contribution in [2.24, 2.45) is 0 Å². The Labute approximate surface area is 82.0 Å². The van der Waals surface area contributed by atoms with E-state index in [0.717, 1.165) is 13.0 Å². The van der Waals surface area contributed by atoms with Crippen LogP contribution in [0.5, 0.6) is 0 Å². The van der Waals surface area contributed by atoms with Gasteiger partial charge in [0, 0.05) is 6.04 Å². The van der Waals surface area contributed by atoms with Gasteiger partial charge in [0.1, 0.15) is 0 Å². The molecule has 1 rings (SSSR count). The summed E-state index contributed by atoms with van der Waals surface area (Å²) in [6, 6.07) is 0.502. The first-order valence-electron chi connectivity index (χ1n) is 5.31. The molecule has 0 aromatic heterocycles. The van der Waals surface area contributed by atoms with Crippen molar-refractivity contribution in [2.45, 2.75) is 64.7 Å². The summed E-state index contributed by atoms with van der Waals surface area (Å²) < 4.78 is 5.98. The van der Waals surface area contributed by atoms with Crippen molar-refractivity contribution >= 4 is 0 Å². The summed E-state index contributed by atoms with van der Waals surface area (Å²) >= 11 is 0. The van der Waals surface area contributed by atoms with Crippen LogP contribution in [0.2, 0.25) is 0 Å². The van der Waals surface area contributed by atoms with Gasteiger partial charge >= 0.3 is 0 Å².